The summed E-state index contributed by atoms with van der Waals surface area (Å²) in [4.78, 5) is 15.4. The first-order valence-corrected chi connectivity index (χ1v) is 6.00. The third-order valence-corrected chi connectivity index (χ3v) is 3.39. The molecular formula is C12H14N4O2. The van der Waals surface area contributed by atoms with Gasteiger partial charge in [0.15, 0.2) is 0 Å². The van der Waals surface area contributed by atoms with Crippen LogP contribution in [0.25, 0.3) is 5.52 Å². The molecule has 0 radical (unpaired) electrons. The summed E-state index contributed by atoms with van der Waals surface area (Å²) in [5.41, 5.74) is 0.943. The fourth-order valence-corrected chi connectivity index (χ4v) is 2.48. The zero-order valence-corrected chi connectivity index (χ0v) is 9.78. The Morgan fingerprint density at radius 3 is 3.28 bits per heavy atom. The first-order chi connectivity index (χ1) is 8.75. The van der Waals surface area contributed by atoms with Crippen LogP contribution < -0.4 is 5.32 Å². The molecule has 1 aliphatic rings. The van der Waals surface area contributed by atoms with Gasteiger partial charge < -0.3 is 10.4 Å². The SMILES string of the molecule is O=C(O)C1CC(c2ncc3cccnn23)CCN1. The number of imidazole rings is 1. The molecule has 0 aromatic carbocycles. The molecule has 3 heterocycles. The van der Waals surface area contributed by atoms with Gasteiger partial charge in [0, 0.05) is 12.1 Å². The number of nitrogens with one attached hydrogen (secondary N) is 1. The van der Waals surface area contributed by atoms with Crippen LogP contribution in [0.5, 0.6) is 0 Å². The van der Waals surface area contributed by atoms with Gasteiger partial charge in [0.05, 0.1) is 11.7 Å². The Morgan fingerprint density at radius 1 is 1.56 bits per heavy atom. The van der Waals surface area contributed by atoms with Gasteiger partial charge in [-0.15, -0.1) is 0 Å². The quantitative estimate of drug-likeness (QED) is 0.813. The fraction of sp³-hybridized carbons (Fsp3) is 0.417. The van der Waals surface area contributed by atoms with E-state index in [9.17, 15) is 4.79 Å². The molecule has 2 aromatic heterocycles. The number of nitrogens with zero attached hydrogens (tertiary/aromatic N) is 3. The standard InChI is InChI=1S/C12H14N4O2/c17-12(18)10-6-8(3-5-13-10)11-14-7-9-2-1-4-15-16(9)11/h1-2,4,7-8,10,13H,3,5-6H2,(H,17,18). The van der Waals surface area contributed by atoms with Crippen molar-refractivity contribution in [3.05, 3.63) is 30.4 Å². The molecule has 3 rings (SSSR count). The van der Waals surface area contributed by atoms with Crippen LogP contribution in [0.3, 0.4) is 0 Å². The average Bonchev–Trinajstić information content (AvgIpc) is 2.82. The van der Waals surface area contributed by atoms with E-state index in [1.807, 2.05) is 12.1 Å². The van der Waals surface area contributed by atoms with E-state index < -0.39 is 12.0 Å². The number of piperidine rings is 1. The first kappa shape index (κ1) is 11.2. The zero-order chi connectivity index (χ0) is 12.5. The lowest BCUT2D eigenvalue weighted by atomic mass is 9.92. The molecule has 1 aliphatic heterocycles. The van der Waals surface area contributed by atoms with Gasteiger partial charge in [-0.3, -0.25) is 4.79 Å². The summed E-state index contributed by atoms with van der Waals surface area (Å²) in [5.74, 6) is 0.205. The van der Waals surface area contributed by atoms with Gasteiger partial charge in [-0.25, -0.2) is 9.50 Å². The van der Waals surface area contributed by atoms with Crippen LogP contribution in [0.15, 0.2) is 24.5 Å². The minimum Gasteiger partial charge on any atom is -0.480 e. The van der Waals surface area contributed by atoms with Crippen molar-refractivity contribution in [3.8, 4) is 0 Å². The lowest BCUT2D eigenvalue weighted by Gasteiger charge is -2.26. The summed E-state index contributed by atoms with van der Waals surface area (Å²) in [7, 11) is 0. The fourth-order valence-electron chi connectivity index (χ4n) is 2.48. The van der Waals surface area contributed by atoms with E-state index in [1.54, 1.807) is 16.9 Å². The summed E-state index contributed by atoms with van der Waals surface area (Å²) < 4.78 is 1.80. The smallest absolute Gasteiger partial charge is 0.320 e. The highest BCUT2D eigenvalue weighted by molar-refractivity contribution is 5.73. The van der Waals surface area contributed by atoms with Gasteiger partial charge in [-0.05, 0) is 31.5 Å². The molecule has 2 N–H and O–H groups in total. The molecule has 0 amide bonds. The van der Waals surface area contributed by atoms with Crippen LogP contribution >= 0.6 is 0 Å². The average molecular weight is 246 g/mol. The van der Waals surface area contributed by atoms with Crippen molar-refractivity contribution in [1.29, 1.82) is 0 Å². The lowest BCUT2D eigenvalue weighted by Crippen LogP contribution is -2.43. The van der Waals surface area contributed by atoms with Crippen LogP contribution in [0.2, 0.25) is 0 Å². The van der Waals surface area contributed by atoms with E-state index in [0.717, 1.165) is 17.8 Å². The minimum absolute atomic E-state index is 0.143. The summed E-state index contributed by atoms with van der Waals surface area (Å²) in [6, 6.07) is 3.32. The van der Waals surface area contributed by atoms with Gasteiger partial charge >= 0.3 is 5.97 Å². The number of fused-ring (bicyclic) bond motifs is 1. The number of carbonyl (C=O) groups is 1. The molecule has 2 unspecified atom stereocenters. The third-order valence-electron chi connectivity index (χ3n) is 3.39. The molecule has 1 fully saturated rings. The molecule has 0 spiro atoms. The molecule has 2 atom stereocenters. The van der Waals surface area contributed by atoms with Gasteiger partial charge in [0.1, 0.15) is 11.9 Å². The second-order valence-electron chi connectivity index (χ2n) is 4.54. The lowest BCUT2D eigenvalue weighted by molar-refractivity contribution is -0.140. The summed E-state index contributed by atoms with van der Waals surface area (Å²) in [6.07, 6.45) is 4.94. The van der Waals surface area contributed by atoms with Crippen molar-refractivity contribution in [2.75, 3.05) is 6.54 Å². The highest BCUT2D eigenvalue weighted by Gasteiger charge is 2.29. The van der Waals surface area contributed by atoms with Crippen molar-refractivity contribution < 1.29 is 9.90 Å². The summed E-state index contributed by atoms with van der Waals surface area (Å²) >= 11 is 0. The number of hydrogen-bond donors (Lipinski definition) is 2. The van der Waals surface area contributed by atoms with Crippen molar-refractivity contribution in [2.45, 2.75) is 24.8 Å². The van der Waals surface area contributed by atoms with Crippen LogP contribution in [-0.2, 0) is 4.79 Å². The molecule has 2 aromatic rings. The van der Waals surface area contributed by atoms with Crippen molar-refractivity contribution in [2.24, 2.45) is 0 Å². The first-order valence-electron chi connectivity index (χ1n) is 6.00. The number of carboxylic acids is 1. The third kappa shape index (κ3) is 1.84. The van der Waals surface area contributed by atoms with Crippen LogP contribution in [0, 0.1) is 0 Å². The maximum Gasteiger partial charge on any atom is 0.320 e. The molecule has 0 aliphatic carbocycles. The zero-order valence-electron chi connectivity index (χ0n) is 9.78. The highest BCUT2D eigenvalue weighted by atomic mass is 16.4. The maximum absolute atomic E-state index is 11.0. The Labute approximate surface area is 104 Å². The Kier molecular flexibility index (Phi) is 2.71. The monoisotopic (exact) mass is 246 g/mol. The Bertz CT molecular complexity index is 580. The molecule has 94 valence electrons. The number of aliphatic carboxylic acids is 1. The normalized spacial score (nSPS) is 24.2. The van der Waals surface area contributed by atoms with Gasteiger partial charge in [-0.1, -0.05) is 0 Å². The van der Waals surface area contributed by atoms with Gasteiger partial charge in [-0.2, -0.15) is 5.10 Å². The summed E-state index contributed by atoms with van der Waals surface area (Å²) in [5, 5.41) is 16.3. The van der Waals surface area contributed by atoms with E-state index in [2.05, 4.69) is 15.4 Å². The Hall–Kier alpha value is -1.95. The van der Waals surface area contributed by atoms with Crippen LogP contribution in [0.4, 0.5) is 0 Å². The molecular weight excluding hydrogens is 232 g/mol. The second-order valence-corrected chi connectivity index (χ2v) is 4.54. The molecule has 1 saturated heterocycles. The molecule has 0 bridgehead atoms. The number of carboxylic acid groups (broad SMARTS) is 1. The molecule has 18 heavy (non-hydrogen) atoms. The largest absolute Gasteiger partial charge is 0.480 e. The summed E-state index contributed by atoms with van der Waals surface area (Å²) in [6.45, 7) is 0.698. The van der Waals surface area contributed by atoms with Gasteiger partial charge in [0.2, 0.25) is 0 Å². The second kappa shape index (κ2) is 4.38. The maximum atomic E-state index is 11.0. The minimum atomic E-state index is -0.798. The Balaban J connectivity index is 1.92. The number of rotatable bonds is 2. The van der Waals surface area contributed by atoms with E-state index in [4.69, 9.17) is 5.11 Å². The van der Waals surface area contributed by atoms with Crippen molar-refractivity contribution >= 4 is 11.5 Å². The predicted octanol–water partition coefficient (Wildman–Crippen LogP) is 0.649. The number of aromatic nitrogens is 3. The van der Waals surface area contributed by atoms with E-state index in [1.165, 1.54) is 0 Å². The molecule has 6 nitrogen and oxygen atoms in total. The predicted molar refractivity (Wildman–Crippen MR) is 64.4 cm³/mol. The molecule has 0 saturated carbocycles. The number of hydrogen-bond acceptors (Lipinski definition) is 4. The van der Waals surface area contributed by atoms with Crippen LogP contribution in [0.1, 0.15) is 24.6 Å². The highest BCUT2D eigenvalue weighted by Crippen LogP contribution is 2.26. The van der Waals surface area contributed by atoms with Gasteiger partial charge in [0.25, 0.3) is 0 Å². The van der Waals surface area contributed by atoms with E-state index >= 15 is 0 Å². The van der Waals surface area contributed by atoms with E-state index in [-0.39, 0.29) is 5.92 Å². The molecule has 6 heteroatoms. The van der Waals surface area contributed by atoms with Crippen molar-refractivity contribution in [1.82, 2.24) is 19.9 Å². The van der Waals surface area contributed by atoms with Crippen molar-refractivity contribution in [3.63, 3.8) is 0 Å². The van der Waals surface area contributed by atoms with Crippen LogP contribution in [-0.4, -0.2) is 38.3 Å². The topological polar surface area (TPSA) is 79.5 Å². The van der Waals surface area contributed by atoms with E-state index in [0.29, 0.717) is 13.0 Å². The Morgan fingerprint density at radius 2 is 2.44 bits per heavy atom.